The molecule has 3 heterocycles. The number of likely N-dealkylation sites (N-methyl/N-ethyl adjacent to an activating group) is 1. The van der Waals surface area contributed by atoms with Crippen molar-refractivity contribution in [2.75, 3.05) is 39.1 Å². The molecule has 1 amide bonds. The van der Waals surface area contributed by atoms with E-state index < -0.39 is 0 Å². The Kier molecular flexibility index (Phi) is 6.97. The van der Waals surface area contributed by atoms with Crippen LogP contribution in [-0.2, 0) is 24.3 Å². The molecule has 0 unspecified atom stereocenters. The van der Waals surface area contributed by atoms with Crippen LogP contribution in [0.1, 0.15) is 32.9 Å². The van der Waals surface area contributed by atoms with E-state index in [0.29, 0.717) is 37.8 Å². The van der Waals surface area contributed by atoms with Gasteiger partial charge in [-0.1, -0.05) is 36.4 Å². The molecule has 1 aliphatic heterocycles. The summed E-state index contributed by atoms with van der Waals surface area (Å²) in [5, 5.41) is 7.43. The summed E-state index contributed by atoms with van der Waals surface area (Å²) in [6.45, 7) is 5.20. The summed E-state index contributed by atoms with van der Waals surface area (Å²) >= 11 is 0. The van der Waals surface area contributed by atoms with Crippen LogP contribution in [0.15, 0.2) is 54.6 Å². The largest absolute Gasteiger partial charge is 0.376 e. The van der Waals surface area contributed by atoms with E-state index in [9.17, 15) is 4.79 Å². The molecule has 4 aromatic rings. The van der Waals surface area contributed by atoms with E-state index in [1.54, 1.807) is 0 Å². The van der Waals surface area contributed by atoms with Gasteiger partial charge >= 0.3 is 0 Å². The Labute approximate surface area is 211 Å². The van der Waals surface area contributed by atoms with Crippen molar-refractivity contribution in [3.05, 3.63) is 82.7 Å². The first-order valence-electron chi connectivity index (χ1n) is 12.3. The van der Waals surface area contributed by atoms with Crippen molar-refractivity contribution in [3.8, 4) is 5.95 Å². The third-order valence-electron chi connectivity index (χ3n) is 6.43. The summed E-state index contributed by atoms with van der Waals surface area (Å²) in [4.78, 5) is 24.9. The number of aromatic nitrogens is 3. The number of hydrogen-bond acceptors (Lipinski definition) is 6. The van der Waals surface area contributed by atoms with Crippen molar-refractivity contribution in [3.63, 3.8) is 0 Å². The summed E-state index contributed by atoms with van der Waals surface area (Å²) in [5.74, 6) is 1.31. The van der Waals surface area contributed by atoms with Crippen molar-refractivity contribution in [1.29, 1.82) is 0 Å². The smallest absolute Gasteiger partial charge is 0.252 e. The van der Waals surface area contributed by atoms with Crippen molar-refractivity contribution in [2.45, 2.75) is 26.5 Å². The van der Waals surface area contributed by atoms with Gasteiger partial charge in [0, 0.05) is 48.3 Å². The molecule has 0 saturated carbocycles. The molecule has 1 aliphatic rings. The number of benzene rings is 2. The molecule has 2 N–H and O–H groups in total. The van der Waals surface area contributed by atoms with Gasteiger partial charge in [-0.15, -0.1) is 0 Å². The minimum Gasteiger partial charge on any atom is -0.376 e. The summed E-state index contributed by atoms with van der Waals surface area (Å²) in [5.41, 5.74) is 5.72. The average molecular weight is 485 g/mol. The van der Waals surface area contributed by atoms with Crippen molar-refractivity contribution < 1.29 is 9.53 Å². The second kappa shape index (κ2) is 10.5. The van der Waals surface area contributed by atoms with Crippen LogP contribution in [0.5, 0.6) is 0 Å². The van der Waals surface area contributed by atoms with E-state index in [-0.39, 0.29) is 5.91 Å². The second-order valence-corrected chi connectivity index (χ2v) is 9.36. The average Bonchev–Trinajstić information content (AvgIpc) is 3.23. The summed E-state index contributed by atoms with van der Waals surface area (Å²) < 4.78 is 7.77. The number of ether oxygens (including phenoxy) is 1. The monoisotopic (exact) mass is 484 g/mol. The number of rotatable bonds is 8. The van der Waals surface area contributed by atoms with Crippen LogP contribution in [0.4, 0.5) is 5.82 Å². The molecule has 0 radical (unpaired) electrons. The van der Waals surface area contributed by atoms with E-state index in [1.807, 2.05) is 73.0 Å². The van der Waals surface area contributed by atoms with E-state index in [1.165, 1.54) is 5.56 Å². The zero-order valence-electron chi connectivity index (χ0n) is 21.0. The highest BCUT2D eigenvalue weighted by Crippen LogP contribution is 2.29. The van der Waals surface area contributed by atoms with Crippen molar-refractivity contribution in [1.82, 2.24) is 24.8 Å². The summed E-state index contributed by atoms with van der Waals surface area (Å²) in [6.07, 6.45) is 0.739. The summed E-state index contributed by atoms with van der Waals surface area (Å²) in [7, 11) is 3.98. The van der Waals surface area contributed by atoms with Gasteiger partial charge in [0.1, 0.15) is 5.82 Å². The van der Waals surface area contributed by atoms with Gasteiger partial charge in [-0.3, -0.25) is 9.36 Å². The lowest BCUT2D eigenvalue weighted by Crippen LogP contribution is -2.31. The highest BCUT2D eigenvalue weighted by atomic mass is 16.5. The molecule has 0 atom stereocenters. The normalized spacial score (nSPS) is 13.1. The Bertz CT molecular complexity index is 1380. The molecule has 0 aliphatic carbocycles. The fourth-order valence-electron chi connectivity index (χ4n) is 4.56. The fraction of sp³-hybridized carbons (Fsp3) is 0.321. The standard InChI is InChI=1S/C28H32N6O2/c1-19-16-22-21(27(35)29-13-14-33(2)3)10-7-11-25(22)34(19)28-31-24-12-15-36-18-23(24)26(32-28)30-17-20-8-5-4-6-9-20/h4-11,16H,12-15,17-18H2,1-3H3,(H,29,35)(H,30,31,32). The lowest BCUT2D eigenvalue weighted by atomic mass is 10.1. The predicted molar refractivity (Wildman–Crippen MR) is 142 cm³/mol. The van der Waals surface area contributed by atoms with E-state index in [4.69, 9.17) is 14.7 Å². The fourth-order valence-corrected chi connectivity index (χ4v) is 4.56. The molecule has 36 heavy (non-hydrogen) atoms. The zero-order valence-corrected chi connectivity index (χ0v) is 21.0. The molecule has 0 spiro atoms. The van der Waals surface area contributed by atoms with Crippen LogP contribution in [-0.4, -0.2) is 59.1 Å². The number of aryl methyl sites for hydroxylation is 1. The van der Waals surface area contributed by atoms with Gasteiger partial charge in [-0.2, -0.15) is 4.98 Å². The van der Waals surface area contributed by atoms with Gasteiger partial charge in [0.25, 0.3) is 5.91 Å². The van der Waals surface area contributed by atoms with Crippen LogP contribution in [0.3, 0.4) is 0 Å². The van der Waals surface area contributed by atoms with Gasteiger partial charge < -0.3 is 20.3 Å². The third-order valence-corrected chi connectivity index (χ3v) is 6.43. The quantitative estimate of drug-likeness (QED) is 0.397. The van der Waals surface area contributed by atoms with E-state index in [0.717, 1.165) is 46.6 Å². The molecule has 0 saturated heterocycles. The first kappa shape index (κ1) is 24.0. The molecule has 8 nitrogen and oxygen atoms in total. The maximum atomic E-state index is 13.0. The maximum absolute atomic E-state index is 13.0. The third kappa shape index (κ3) is 4.96. The van der Waals surface area contributed by atoms with Gasteiger partial charge in [-0.25, -0.2) is 4.98 Å². The second-order valence-electron chi connectivity index (χ2n) is 9.36. The molecule has 2 aromatic heterocycles. The maximum Gasteiger partial charge on any atom is 0.252 e. The van der Waals surface area contributed by atoms with Gasteiger partial charge in [0.05, 0.1) is 24.4 Å². The number of hydrogen-bond donors (Lipinski definition) is 2. The van der Waals surface area contributed by atoms with Gasteiger partial charge in [-0.05, 0) is 44.8 Å². The number of amides is 1. The molecule has 2 aromatic carbocycles. The van der Waals surface area contributed by atoms with E-state index in [2.05, 4.69) is 22.8 Å². The van der Waals surface area contributed by atoms with Gasteiger partial charge in [0.15, 0.2) is 0 Å². The topological polar surface area (TPSA) is 84.3 Å². The highest BCUT2D eigenvalue weighted by molar-refractivity contribution is 6.07. The van der Waals surface area contributed by atoms with Crippen LogP contribution in [0, 0.1) is 6.92 Å². The van der Waals surface area contributed by atoms with Crippen LogP contribution in [0.25, 0.3) is 16.9 Å². The molecule has 8 heteroatoms. The Morgan fingerprint density at radius 2 is 1.94 bits per heavy atom. The molecule has 186 valence electrons. The minimum atomic E-state index is -0.0756. The molecule has 0 fully saturated rings. The van der Waals surface area contributed by atoms with Crippen LogP contribution >= 0.6 is 0 Å². The van der Waals surface area contributed by atoms with Crippen molar-refractivity contribution in [2.24, 2.45) is 0 Å². The Balaban J connectivity index is 1.52. The van der Waals surface area contributed by atoms with Gasteiger partial charge in [0.2, 0.25) is 5.95 Å². The Morgan fingerprint density at radius 1 is 1.11 bits per heavy atom. The molecule has 5 rings (SSSR count). The number of nitrogens with one attached hydrogen (secondary N) is 2. The number of carbonyl (C=O) groups excluding carboxylic acids is 1. The SMILES string of the molecule is Cc1cc2c(C(=O)NCCN(C)C)cccc2n1-c1nc2c(c(NCc3ccccc3)n1)COCC2. The summed E-state index contributed by atoms with van der Waals surface area (Å²) in [6, 6.07) is 18.1. The predicted octanol–water partition coefficient (Wildman–Crippen LogP) is 3.71. The molecular weight excluding hydrogens is 452 g/mol. The molecular formula is C28H32N6O2. The van der Waals surface area contributed by atoms with Crippen LogP contribution < -0.4 is 10.6 Å². The van der Waals surface area contributed by atoms with Crippen LogP contribution in [0.2, 0.25) is 0 Å². The Hall–Kier alpha value is -3.75. The molecule has 0 bridgehead atoms. The number of carbonyl (C=O) groups is 1. The number of fused-ring (bicyclic) bond motifs is 2. The lowest BCUT2D eigenvalue weighted by molar-refractivity contribution is 0.0952. The minimum absolute atomic E-state index is 0.0756. The first-order chi connectivity index (χ1) is 17.5. The van der Waals surface area contributed by atoms with E-state index >= 15 is 0 Å². The highest BCUT2D eigenvalue weighted by Gasteiger charge is 2.22. The van der Waals surface area contributed by atoms with Crippen molar-refractivity contribution >= 4 is 22.6 Å². The Morgan fingerprint density at radius 3 is 2.75 bits per heavy atom. The number of nitrogens with zero attached hydrogens (tertiary/aromatic N) is 4. The number of anilines is 1. The first-order valence-corrected chi connectivity index (χ1v) is 12.3. The lowest BCUT2D eigenvalue weighted by Gasteiger charge is -2.21. The zero-order chi connectivity index (χ0) is 25.1.